The van der Waals surface area contributed by atoms with Gasteiger partial charge in [-0.05, 0) is 12.8 Å². The van der Waals surface area contributed by atoms with Crippen LogP contribution in [-0.4, -0.2) is 67.5 Å². The largest absolute Gasteiger partial charge is 0.390 e. The fraction of sp³-hybridized carbons (Fsp3) is 1.00. The van der Waals surface area contributed by atoms with E-state index in [-0.39, 0.29) is 12.1 Å². The summed E-state index contributed by atoms with van der Waals surface area (Å²) in [6.07, 6.45) is 4.65. The van der Waals surface area contributed by atoms with Crippen LogP contribution in [0.3, 0.4) is 0 Å². The van der Waals surface area contributed by atoms with Crippen molar-refractivity contribution in [1.82, 2.24) is 13.9 Å². The van der Waals surface area contributed by atoms with Gasteiger partial charge in [-0.2, -0.15) is 17.0 Å². The van der Waals surface area contributed by atoms with Crippen LogP contribution in [0.1, 0.15) is 32.1 Å². The molecule has 19 heavy (non-hydrogen) atoms. The molecule has 0 aromatic carbocycles. The first kappa shape index (κ1) is 15.2. The first-order valence-corrected chi connectivity index (χ1v) is 8.44. The summed E-state index contributed by atoms with van der Waals surface area (Å²) in [5.41, 5.74) is 0. The third-order valence-electron chi connectivity index (χ3n) is 4.43. The standard InChI is InChI=1S/C12H25N3O3S/c1-14(10-6-4-3-5-7-10)19(17,18)15(2)11-8-13-9-12(11)16/h10-13,16H,3-9H2,1-2H3/t11-,12-/m1/s1. The number of aliphatic hydroxyl groups is 1. The maximum atomic E-state index is 12.6. The summed E-state index contributed by atoms with van der Waals surface area (Å²) in [6.45, 7) is 0.965. The molecular formula is C12H25N3O3S. The van der Waals surface area contributed by atoms with Gasteiger partial charge in [0.1, 0.15) is 0 Å². The highest BCUT2D eigenvalue weighted by Gasteiger charge is 2.38. The van der Waals surface area contributed by atoms with Gasteiger partial charge in [0.15, 0.2) is 0 Å². The predicted octanol–water partition coefficient (Wildman–Crippen LogP) is -0.240. The van der Waals surface area contributed by atoms with Crippen LogP contribution in [0, 0.1) is 0 Å². The SMILES string of the molecule is CN(C1CCCCC1)S(=O)(=O)N(C)[C@@H]1CNC[C@H]1O. The van der Waals surface area contributed by atoms with Gasteiger partial charge in [-0.3, -0.25) is 0 Å². The van der Waals surface area contributed by atoms with Crippen molar-refractivity contribution in [2.24, 2.45) is 0 Å². The van der Waals surface area contributed by atoms with E-state index in [4.69, 9.17) is 0 Å². The van der Waals surface area contributed by atoms with Crippen LogP contribution in [0.2, 0.25) is 0 Å². The van der Waals surface area contributed by atoms with Crippen LogP contribution in [0.15, 0.2) is 0 Å². The van der Waals surface area contributed by atoms with Gasteiger partial charge < -0.3 is 10.4 Å². The molecule has 2 aliphatic rings. The van der Waals surface area contributed by atoms with E-state index >= 15 is 0 Å². The lowest BCUT2D eigenvalue weighted by atomic mass is 9.96. The molecule has 7 heteroatoms. The molecule has 1 aliphatic carbocycles. The predicted molar refractivity (Wildman–Crippen MR) is 74.0 cm³/mol. The van der Waals surface area contributed by atoms with Crippen molar-refractivity contribution in [3.8, 4) is 0 Å². The van der Waals surface area contributed by atoms with Crippen molar-refractivity contribution >= 4 is 10.2 Å². The number of nitrogens with zero attached hydrogens (tertiary/aromatic N) is 2. The number of hydrogen-bond acceptors (Lipinski definition) is 4. The smallest absolute Gasteiger partial charge is 0.282 e. The number of rotatable bonds is 4. The van der Waals surface area contributed by atoms with Crippen molar-refractivity contribution in [1.29, 1.82) is 0 Å². The molecule has 0 aromatic rings. The second-order valence-electron chi connectivity index (χ2n) is 5.62. The molecule has 1 heterocycles. The molecule has 0 unspecified atom stereocenters. The quantitative estimate of drug-likeness (QED) is 0.750. The summed E-state index contributed by atoms with van der Waals surface area (Å²) < 4.78 is 28.0. The van der Waals surface area contributed by atoms with Gasteiger partial charge in [0.05, 0.1) is 12.1 Å². The first-order chi connectivity index (χ1) is 8.94. The third kappa shape index (κ3) is 3.11. The van der Waals surface area contributed by atoms with Crippen molar-refractivity contribution < 1.29 is 13.5 Å². The Morgan fingerprint density at radius 3 is 2.21 bits per heavy atom. The normalized spacial score (nSPS) is 30.4. The van der Waals surface area contributed by atoms with Gasteiger partial charge >= 0.3 is 0 Å². The van der Waals surface area contributed by atoms with Gasteiger partial charge in [0, 0.05) is 33.2 Å². The molecule has 0 aromatic heterocycles. The minimum Gasteiger partial charge on any atom is -0.390 e. The lowest BCUT2D eigenvalue weighted by Crippen LogP contribution is -2.52. The van der Waals surface area contributed by atoms with Crippen LogP contribution < -0.4 is 5.32 Å². The number of β-amino-alcohol motifs (C(OH)–C–C–N with tert-alkyl or cyclic N) is 1. The maximum Gasteiger partial charge on any atom is 0.282 e. The maximum absolute atomic E-state index is 12.6. The number of nitrogens with one attached hydrogen (secondary N) is 1. The molecule has 0 amide bonds. The average molecular weight is 291 g/mol. The summed E-state index contributed by atoms with van der Waals surface area (Å²) in [5.74, 6) is 0. The molecule has 112 valence electrons. The minimum atomic E-state index is -3.49. The Hall–Kier alpha value is -0.210. The van der Waals surface area contributed by atoms with E-state index in [9.17, 15) is 13.5 Å². The van der Waals surface area contributed by atoms with E-state index in [0.29, 0.717) is 13.1 Å². The van der Waals surface area contributed by atoms with E-state index in [1.807, 2.05) is 0 Å². The fourth-order valence-electron chi connectivity index (χ4n) is 3.03. The molecule has 2 atom stereocenters. The summed E-state index contributed by atoms with van der Waals surface area (Å²) >= 11 is 0. The molecule has 0 radical (unpaired) electrons. The molecule has 2 N–H and O–H groups in total. The highest BCUT2D eigenvalue weighted by molar-refractivity contribution is 7.86. The first-order valence-electron chi connectivity index (χ1n) is 7.04. The highest BCUT2D eigenvalue weighted by atomic mass is 32.2. The zero-order valence-corrected chi connectivity index (χ0v) is 12.6. The van der Waals surface area contributed by atoms with Crippen molar-refractivity contribution in [3.05, 3.63) is 0 Å². The molecule has 0 spiro atoms. The summed E-state index contributed by atoms with van der Waals surface area (Å²) in [5, 5.41) is 12.8. The Balaban J connectivity index is 2.07. The van der Waals surface area contributed by atoms with E-state index in [0.717, 1.165) is 25.7 Å². The summed E-state index contributed by atoms with van der Waals surface area (Å²) in [4.78, 5) is 0. The van der Waals surface area contributed by atoms with Crippen LogP contribution in [0.25, 0.3) is 0 Å². The monoisotopic (exact) mass is 291 g/mol. The van der Waals surface area contributed by atoms with E-state index < -0.39 is 16.3 Å². The van der Waals surface area contributed by atoms with Gasteiger partial charge in [-0.1, -0.05) is 19.3 Å². The van der Waals surface area contributed by atoms with Gasteiger partial charge in [-0.15, -0.1) is 0 Å². The van der Waals surface area contributed by atoms with Gasteiger partial charge in [0.25, 0.3) is 10.2 Å². The third-order valence-corrected chi connectivity index (χ3v) is 6.46. The van der Waals surface area contributed by atoms with Crippen molar-refractivity contribution in [2.75, 3.05) is 27.2 Å². The Morgan fingerprint density at radius 2 is 1.68 bits per heavy atom. The zero-order valence-electron chi connectivity index (χ0n) is 11.7. The fourth-order valence-corrected chi connectivity index (χ4v) is 4.58. The Kier molecular flexibility index (Phi) is 4.84. The Bertz CT molecular complexity index is 395. The number of aliphatic hydroxyl groups excluding tert-OH is 1. The average Bonchev–Trinajstić information content (AvgIpc) is 2.84. The molecule has 1 aliphatic heterocycles. The van der Waals surface area contributed by atoms with E-state index in [1.54, 1.807) is 14.1 Å². The molecule has 2 fully saturated rings. The number of likely N-dealkylation sites (N-methyl/N-ethyl adjacent to an activating group) is 1. The van der Waals surface area contributed by atoms with Gasteiger partial charge in [-0.25, -0.2) is 0 Å². The minimum absolute atomic E-state index is 0.104. The van der Waals surface area contributed by atoms with Crippen LogP contribution >= 0.6 is 0 Å². The lowest BCUT2D eigenvalue weighted by Gasteiger charge is -2.35. The molecular weight excluding hydrogens is 266 g/mol. The highest BCUT2D eigenvalue weighted by Crippen LogP contribution is 2.25. The van der Waals surface area contributed by atoms with E-state index in [2.05, 4.69) is 5.32 Å². The van der Waals surface area contributed by atoms with Crippen LogP contribution in [0.4, 0.5) is 0 Å². The van der Waals surface area contributed by atoms with Crippen molar-refractivity contribution in [3.63, 3.8) is 0 Å². The van der Waals surface area contributed by atoms with Gasteiger partial charge in [0.2, 0.25) is 0 Å². The zero-order chi connectivity index (χ0) is 14.0. The molecule has 1 saturated carbocycles. The summed E-state index contributed by atoms with van der Waals surface area (Å²) in [7, 11) is -0.260. The summed E-state index contributed by atoms with van der Waals surface area (Å²) in [6, 6.07) is -0.260. The van der Waals surface area contributed by atoms with Crippen LogP contribution in [0.5, 0.6) is 0 Å². The number of hydrogen-bond donors (Lipinski definition) is 2. The molecule has 6 nitrogen and oxygen atoms in total. The molecule has 2 rings (SSSR count). The lowest BCUT2D eigenvalue weighted by molar-refractivity contribution is 0.131. The topological polar surface area (TPSA) is 72.9 Å². The van der Waals surface area contributed by atoms with E-state index in [1.165, 1.54) is 15.0 Å². The van der Waals surface area contributed by atoms with Crippen molar-refractivity contribution in [2.45, 2.75) is 50.3 Å². The Morgan fingerprint density at radius 1 is 1.05 bits per heavy atom. The second kappa shape index (κ2) is 6.05. The second-order valence-corrected chi connectivity index (χ2v) is 7.67. The molecule has 0 bridgehead atoms. The van der Waals surface area contributed by atoms with Crippen LogP contribution in [-0.2, 0) is 10.2 Å². The molecule has 1 saturated heterocycles. The Labute approximate surface area is 116 Å².